The molecule has 1 fully saturated rings. The maximum Gasteiger partial charge on any atom is 0.254 e. The molecule has 0 aliphatic carbocycles. The van der Waals surface area contributed by atoms with Crippen LogP contribution in [0.15, 0.2) is 53.1 Å². The van der Waals surface area contributed by atoms with E-state index in [4.69, 9.17) is 4.52 Å². The number of likely N-dealkylation sites (tertiary alicyclic amines) is 1. The van der Waals surface area contributed by atoms with Crippen LogP contribution in [0.3, 0.4) is 0 Å². The number of carbonyl (C=O) groups is 1. The molecule has 5 heteroatoms. The molecule has 1 aliphatic rings. The molecule has 1 saturated heterocycles. The Labute approximate surface area is 171 Å². The van der Waals surface area contributed by atoms with Gasteiger partial charge in [0.15, 0.2) is 0 Å². The Kier molecular flexibility index (Phi) is 4.99. The molecule has 2 heterocycles. The van der Waals surface area contributed by atoms with E-state index >= 15 is 0 Å². The van der Waals surface area contributed by atoms with Gasteiger partial charge in [-0.05, 0) is 42.9 Å². The summed E-state index contributed by atoms with van der Waals surface area (Å²) in [6.45, 7) is 9.25. The van der Waals surface area contributed by atoms with E-state index in [0.717, 1.165) is 18.4 Å². The minimum absolute atomic E-state index is 0.0167. The van der Waals surface area contributed by atoms with Gasteiger partial charge in [0, 0.05) is 17.7 Å². The van der Waals surface area contributed by atoms with Gasteiger partial charge in [-0.3, -0.25) is 4.79 Å². The molecule has 1 atom stereocenters. The van der Waals surface area contributed by atoms with E-state index in [1.807, 2.05) is 60.4 Å². The molecule has 0 unspecified atom stereocenters. The van der Waals surface area contributed by atoms with Gasteiger partial charge in [0.25, 0.3) is 5.91 Å². The van der Waals surface area contributed by atoms with Gasteiger partial charge >= 0.3 is 0 Å². The molecule has 0 bridgehead atoms. The third-order valence-electron chi connectivity index (χ3n) is 5.55. The molecule has 1 aliphatic heterocycles. The molecule has 2 aromatic carbocycles. The zero-order valence-electron chi connectivity index (χ0n) is 17.5. The van der Waals surface area contributed by atoms with Crippen molar-refractivity contribution in [1.29, 1.82) is 0 Å². The van der Waals surface area contributed by atoms with E-state index in [-0.39, 0.29) is 17.4 Å². The number of amides is 1. The van der Waals surface area contributed by atoms with Crippen LogP contribution in [-0.2, 0) is 5.41 Å². The fraction of sp³-hybridized carbons (Fsp3) is 0.375. The predicted octanol–water partition coefficient (Wildman–Crippen LogP) is 5.32. The first-order valence-corrected chi connectivity index (χ1v) is 10.1. The molecule has 3 aromatic rings. The normalized spacial score (nSPS) is 17.0. The number of rotatable bonds is 3. The van der Waals surface area contributed by atoms with Crippen molar-refractivity contribution in [3.8, 4) is 11.4 Å². The fourth-order valence-electron chi connectivity index (χ4n) is 3.74. The topological polar surface area (TPSA) is 59.2 Å². The Morgan fingerprint density at radius 2 is 1.76 bits per heavy atom. The molecule has 0 radical (unpaired) electrons. The number of hydrogen-bond donors (Lipinski definition) is 0. The minimum Gasteiger partial charge on any atom is -0.337 e. The fourth-order valence-corrected chi connectivity index (χ4v) is 3.74. The third kappa shape index (κ3) is 3.95. The van der Waals surface area contributed by atoms with Crippen LogP contribution in [0.5, 0.6) is 0 Å². The smallest absolute Gasteiger partial charge is 0.254 e. The quantitative estimate of drug-likeness (QED) is 0.608. The van der Waals surface area contributed by atoms with E-state index in [1.165, 1.54) is 11.1 Å². The summed E-state index contributed by atoms with van der Waals surface area (Å²) < 4.78 is 5.56. The lowest BCUT2D eigenvalue weighted by molar-refractivity contribution is 0.0710. The van der Waals surface area contributed by atoms with E-state index in [0.29, 0.717) is 23.8 Å². The van der Waals surface area contributed by atoms with Gasteiger partial charge in [-0.2, -0.15) is 4.98 Å². The Morgan fingerprint density at radius 1 is 1.07 bits per heavy atom. The number of hydrogen-bond acceptors (Lipinski definition) is 4. The van der Waals surface area contributed by atoms with Crippen LogP contribution in [0.1, 0.15) is 67.0 Å². The lowest BCUT2D eigenvalue weighted by Gasteiger charge is -2.23. The van der Waals surface area contributed by atoms with Crippen molar-refractivity contribution in [3.05, 3.63) is 71.1 Å². The zero-order chi connectivity index (χ0) is 20.6. The predicted molar refractivity (Wildman–Crippen MR) is 113 cm³/mol. The summed E-state index contributed by atoms with van der Waals surface area (Å²) in [7, 11) is 0. The summed E-state index contributed by atoms with van der Waals surface area (Å²) in [6, 6.07) is 15.8. The van der Waals surface area contributed by atoms with Crippen LogP contribution in [0, 0.1) is 6.92 Å². The highest BCUT2D eigenvalue weighted by Gasteiger charge is 2.34. The number of nitrogens with zero attached hydrogens (tertiary/aromatic N) is 3. The second-order valence-electron chi connectivity index (χ2n) is 8.81. The van der Waals surface area contributed by atoms with Crippen molar-refractivity contribution >= 4 is 5.91 Å². The van der Waals surface area contributed by atoms with Gasteiger partial charge in [0.1, 0.15) is 6.04 Å². The van der Waals surface area contributed by atoms with Crippen LogP contribution in [0.4, 0.5) is 0 Å². The van der Waals surface area contributed by atoms with Crippen LogP contribution in [-0.4, -0.2) is 27.5 Å². The summed E-state index contributed by atoms with van der Waals surface area (Å²) in [4.78, 5) is 19.6. The Balaban J connectivity index is 1.55. The highest BCUT2D eigenvalue weighted by molar-refractivity contribution is 5.94. The standard InChI is InChI=1S/C24H27N3O2/c1-16-7-9-17(10-8-16)21-25-22(29-26-21)20-6-5-15-27(20)23(28)18-11-13-19(14-12-18)24(2,3)4/h7-14,20H,5-6,15H2,1-4H3/t20-/m0/s1. The zero-order valence-corrected chi connectivity index (χ0v) is 17.5. The van der Waals surface area contributed by atoms with Crippen LogP contribution >= 0.6 is 0 Å². The van der Waals surface area contributed by atoms with Gasteiger partial charge in [0.05, 0.1) is 0 Å². The van der Waals surface area contributed by atoms with Gasteiger partial charge in [-0.15, -0.1) is 0 Å². The lowest BCUT2D eigenvalue weighted by atomic mass is 9.86. The molecule has 150 valence electrons. The molecule has 0 spiro atoms. The van der Waals surface area contributed by atoms with Gasteiger partial charge < -0.3 is 9.42 Å². The molecule has 29 heavy (non-hydrogen) atoms. The molecule has 1 aromatic heterocycles. The van der Waals surface area contributed by atoms with Gasteiger partial charge in [-0.1, -0.05) is 67.9 Å². The molecule has 0 saturated carbocycles. The first kappa shape index (κ1) is 19.4. The van der Waals surface area contributed by atoms with Crippen molar-refractivity contribution in [3.63, 3.8) is 0 Å². The van der Waals surface area contributed by atoms with Crippen molar-refractivity contribution < 1.29 is 9.32 Å². The van der Waals surface area contributed by atoms with E-state index in [9.17, 15) is 4.79 Å². The Hall–Kier alpha value is -2.95. The maximum absolute atomic E-state index is 13.1. The molecule has 4 rings (SSSR count). The third-order valence-corrected chi connectivity index (χ3v) is 5.55. The molecular weight excluding hydrogens is 362 g/mol. The van der Waals surface area contributed by atoms with Crippen molar-refractivity contribution in [1.82, 2.24) is 15.0 Å². The first-order chi connectivity index (χ1) is 13.8. The average Bonchev–Trinajstić information content (AvgIpc) is 3.37. The summed E-state index contributed by atoms with van der Waals surface area (Å²) >= 11 is 0. The van der Waals surface area contributed by atoms with Crippen molar-refractivity contribution in [2.24, 2.45) is 0 Å². The number of aromatic nitrogens is 2. The van der Waals surface area contributed by atoms with Crippen molar-refractivity contribution in [2.45, 2.75) is 52.0 Å². The van der Waals surface area contributed by atoms with E-state index in [1.54, 1.807) is 0 Å². The Bertz CT molecular complexity index is 998. The number of benzene rings is 2. The molecule has 1 amide bonds. The minimum atomic E-state index is -0.170. The highest BCUT2D eigenvalue weighted by atomic mass is 16.5. The SMILES string of the molecule is Cc1ccc(-c2noc([C@@H]3CCCN3C(=O)c3ccc(C(C)(C)C)cc3)n2)cc1. The lowest BCUT2D eigenvalue weighted by Crippen LogP contribution is -2.30. The second-order valence-corrected chi connectivity index (χ2v) is 8.81. The highest BCUT2D eigenvalue weighted by Crippen LogP contribution is 2.33. The number of carbonyl (C=O) groups excluding carboxylic acids is 1. The average molecular weight is 389 g/mol. The first-order valence-electron chi connectivity index (χ1n) is 10.1. The van der Waals surface area contributed by atoms with Crippen molar-refractivity contribution in [2.75, 3.05) is 6.54 Å². The van der Waals surface area contributed by atoms with Crippen LogP contribution in [0.25, 0.3) is 11.4 Å². The summed E-state index contributed by atoms with van der Waals surface area (Å²) in [6.07, 6.45) is 1.76. The molecular formula is C24H27N3O2. The van der Waals surface area contributed by atoms with E-state index < -0.39 is 0 Å². The van der Waals surface area contributed by atoms with Gasteiger partial charge in [0.2, 0.25) is 11.7 Å². The summed E-state index contributed by atoms with van der Waals surface area (Å²) in [5.74, 6) is 1.09. The maximum atomic E-state index is 13.1. The van der Waals surface area contributed by atoms with Gasteiger partial charge in [-0.25, -0.2) is 0 Å². The molecule has 5 nitrogen and oxygen atoms in total. The van der Waals surface area contributed by atoms with Crippen LogP contribution < -0.4 is 0 Å². The number of aryl methyl sites for hydroxylation is 1. The van der Waals surface area contributed by atoms with E-state index in [2.05, 4.69) is 30.9 Å². The second kappa shape index (κ2) is 7.47. The summed E-state index contributed by atoms with van der Waals surface area (Å²) in [5, 5.41) is 4.14. The Morgan fingerprint density at radius 3 is 2.41 bits per heavy atom. The largest absolute Gasteiger partial charge is 0.337 e. The summed E-state index contributed by atoms with van der Waals surface area (Å²) in [5.41, 5.74) is 4.07. The monoisotopic (exact) mass is 389 g/mol. The van der Waals surface area contributed by atoms with Crippen LogP contribution in [0.2, 0.25) is 0 Å². The molecule has 0 N–H and O–H groups in total.